The summed E-state index contributed by atoms with van der Waals surface area (Å²) >= 11 is 5.52. The molecule has 26 heavy (non-hydrogen) atoms. The molecule has 8 heteroatoms. The number of para-hydroxylation sites is 1. The van der Waals surface area contributed by atoms with Crippen molar-refractivity contribution in [2.75, 3.05) is 45.3 Å². The van der Waals surface area contributed by atoms with Crippen LogP contribution < -0.4 is 5.32 Å². The molecule has 1 heterocycles. The Labute approximate surface area is 159 Å². The van der Waals surface area contributed by atoms with Crippen molar-refractivity contribution in [3.63, 3.8) is 0 Å². The average Bonchev–Trinajstić information content (AvgIpc) is 2.64. The summed E-state index contributed by atoms with van der Waals surface area (Å²) in [6.07, 6.45) is 1.25. The van der Waals surface area contributed by atoms with Crippen LogP contribution in [0.1, 0.15) is 19.8 Å². The molecule has 6 nitrogen and oxygen atoms in total. The number of methoxy groups -OCH3 is 1. The van der Waals surface area contributed by atoms with Crippen LogP contribution in [0.2, 0.25) is 0 Å². The topological polar surface area (TPSA) is 54.0 Å². The highest BCUT2D eigenvalue weighted by atomic mass is 32.1. The lowest BCUT2D eigenvalue weighted by Gasteiger charge is -2.39. The Kier molecular flexibility index (Phi) is 8.06. The van der Waals surface area contributed by atoms with Crippen LogP contribution in [0, 0.1) is 5.82 Å². The third-order valence-corrected chi connectivity index (χ3v) is 4.68. The second-order valence-corrected chi connectivity index (χ2v) is 6.40. The molecular weight excluding hydrogens is 357 g/mol. The molecule has 0 spiro atoms. The van der Waals surface area contributed by atoms with E-state index < -0.39 is 0 Å². The van der Waals surface area contributed by atoms with Gasteiger partial charge in [-0.3, -0.25) is 0 Å². The molecule has 0 aromatic heterocycles. The highest BCUT2D eigenvalue weighted by molar-refractivity contribution is 7.80. The summed E-state index contributed by atoms with van der Waals surface area (Å²) in [7, 11) is 1.63. The largest absolute Gasteiger partial charge is 0.450 e. The van der Waals surface area contributed by atoms with Gasteiger partial charge in [0.05, 0.1) is 18.9 Å². The maximum Gasteiger partial charge on any atom is 0.409 e. The third-order valence-electron chi connectivity index (χ3n) is 4.34. The molecule has 1 amide bonds. The van der Waals surface area contributed by atoms with E-state index in [9.17, 15) is 9.18 Å². The van der Waals surface area contributed by atoms with Crippen LogP contribution >= 0.6 is 12.2 Å². The molecule has 1 aromatic rings. The fourth-order valence-corrected chi connectivity index (χ4v) is 3.31. The number of benzene rings is 1. The zero-order chi connectivity index (χ0) is 18.9. The number of piperidine rings is 1. The third kappa shape index (κ3) is 5.54. The van der Waals surface area contributed by atoms with Gasteiger partial charge in [-0.2, -0.15) is 0 Å². The molecule has 0 aliphatic carbocycles. The second-order valence-electron chi connectivity index (χ2n) is 6.01. The predicted molar refractivity (Wildman–Crippen MR) is 103 cm³/mol. The first-order valence-electron chi connectivity index (χ1n) is 8.79. The van der Waals surface area contributed by atoms with Gasteiger partial charge in [0.25, 0.3) is 0 Å². The molecule has 1 saturated heterocycles. The van der Waals surface area contributed by atoms with Crippen molar-refractivity contribution < 1.29 is 18.7 Å². The van der Waals surface area contributed by atoms with E-state index in [4.69, 9.17) is 21.7 Å². The molecule has 2 rings (SSSR count). The van der Waals surface area contributed by atoms with Gasteiger partial charge in [-0.05, 0) is 44.1 Å². The lowest BCUT2D eigenvalue weighted by atomic mass is 10.0. The Morgan fingerprint density at radius 3 is 2.69 bits per heavy atom. The molecule has 1 aliphatic heterocycles. The lowest BCUT2D eigenvalue weighted by Crippen LogP contribution is -2.51. The van der Waals surface area contributed by atoms with Gasteiger partial charge in [-0.25, -0.2) is 9.18 Å². The zero-order valence-electron chi connectivity index (χ0n) is 15.2. The second kappa shape index (κ2) is 10.3. The van der Waals surface area contributed by atoms with Gasteiger partial charge in [-0.1, -0.05) is 12.1 Å². The maximum atomic E-state index is 13.9. The number of carbonyl (C=O) groups is 1. The standard InChI is InChI=1S/C18H26FN3O3S/c1-3-25-18(23)21-10-8-14(9-11-21)22(12-13-24-2)17(26)20-16-7-5-4-6-15(16)19/h4-7,14H,3,8-13H2,1-2H3,(H,20,26). The quantitative estimate of drug-likeness (QED) is 0.762. The van der Waals surface area contributed by atoms with Gasteiger partial charge >= 0.3 is 6.09 Å². The summed E-state index contributed by atoms with van der Waals surface area (Å²) in [4.78, 5) is 15.6. The molecular formula is C18H26FN3O3S. The number of rotatable bonds is 6. The smallest absolute Gasteiger partial charge is 0.409 e. The molecule has 0 saturated carbocycles. The number of hydrogen-bond acceptors (Lipinski definition) is 4. The van der Waals surface area contributed by atoms with E-state index in [1.165, 1.54) is 6.07 Å². The number of ether oxygens (including phenoxy) is 2. The van der Waals surface area contributed by atoms with Crippen LogP contribution in [-0.2, 0) is 9.47 Å². The highest BCUT2D eigenvalue weighted by Crippen LogP contribution is 2.20. The summed E-state index contributed by atoms with van der Waals surface area (Å²) in [5.41, 5.74) is 0.351. The summed E-state index contributed by atoms with van der Waals surface area (Å²) < 4.78 is 24.1. The molecule has 1 aromatic carbocycles. The fraction of sp³-hybridized carbons (Fsp3) is 0.556. The van der Waals surface area contributed by atoms with Gasteiger partial charge in [0, 0.05) is 32.8 Å². The fourth-order valence-electron chi connectivity index (χ4n) is 2.96. The molecule has 1 N–H and O–H groups in total. The van der Waals surface area contributed by atoms with Crippen LogP contribution in [0.4, 0.5) is 14.9 Å². The van der Waals surface area contributed by atoms with Crippen molar-refractivity contribution in [2.45, 2.75) is 25.8 Å². The number of nitrogens with one attached hydrogen (secondary N) is 1. The number of hydrogen-bond donors (Lipinski definition) is 1. The van der Waals surface area contributed by atoms with E-state index >= 15 is 0 Å². The summed E-state index contributed by atoms with van der Waals surface area (Å²) in [6.45, 7) is 4.49. The Morgan fingerprint density at radius 2 is 2.08 bits per heavy atom. The number of anilines is 1. The Balaban J connectivity index is 1.99. The summed E-state index contributed by atoms with van der Waals surface area (Å²) in [6, 6.07) is 6.59. The lowest BCUT2D eigenvalue weighted by molar-refractivity contribution is 0.0829. The van der Waals surface area contributed by atoms with Gasteiger partial charge in [0.1, 0.15) is 5.82 Å². The molecule has 0 radical (unpaired) electrons. The van der Waals surface area contributed by atoms with Crippen LogP contribution in [0.5, 0.6) is 0 Å². The van der Waals surface area contributed by atoms with Crippen molar-refractivity contribution in [1.82, 2.24) is 9.80 Å². The minimum atomic E-state index is -0.348. The van der Waals surface area contributed by atoms with Crippen molar-refractivity contribution in [3.8, 4) is 0 Å². The van der Waals surface area contributed by atoms with E-state index in [2.05, 4.69) is 5.32 Å². The monoisotopic (exact) mass is 383 g/mol. The summed E-state index contributed by atoms with van der Waals surface area (Å²) in [5, 5.41) is 3.45. The molecule has 1 fully saturated rings. The first-order chi connectivity index (χ1) is 12.6. The van der Waals surface area contributed by atoms with Crippen molar-refractivity contribution in [2.24, 2.45) is 0 Å². The SMILES string of the molecule is CCOC(=O)N1CCC(N(CCOC)C(=S)Nc2ccccc2F)CC1. The van der Waals surface area contributed by atoms with E-state index in [1.807, 2.05) is 4.90 Å². The zero-order valence-corrected chi connectivity index (χ0v) is 16.1. The van der Waals surface area contributed by atoms with Gasteiger partial charge < -0.3 is 24.6 Å². The van der Waals surface area contributed by atoms with Crippen LogP contribution in [0.3, 0.4) is 0 Å². The van der Waals surface area contributed by atoms with Crippen molar-refractivity contribution in [1.29, 1.82) is 0 Å². The number of nitrogens with zero attached hydrogens (tertiary/aromatic N) is 2. The number of amides is 1. The van der Waals surface area contributed by atoms with Crippen LogP contribution in [0.25, 0.3) is 0 Å². The Bertz CT molecular complexity index is 609. The van der Waals surface area contributed by atoms with E-state index in [-0.39, 0.29) is 18.0 Å². The number of halogens is 1. The Morgan fingerprint density at radius 1 is 1.38 bits per heavy atom. The van der Waals surface area contributed by atoms with E-state index in [0.717, 1.165) is 12.8 Å². The molecule has 0 atom stereocenters. The van der Waals surface area contributed by atoms with Crippen LogP contribution in [0.15, 0.2) is 24.3 Å². The minimum Gasteiger partial charge on any atom is -0.450 e. The van der Waals surface area contributed by atoms with E-state index in [1.54, 1.807) is 37.1 Å². The first kappa shape index (κ1) is 20.4. The van der Waals surface area contributed by atoms with Crippen LogP contribution in [-0.4, -0.2) is 67.0 Å². The van der Waals surface area contributed by atoms with E-state index in [0.29, 0.717) is 43.6 Å². The number of likely N-dealkylation sites (tertiary alicyclic amines) is 1. The summed E-state index contributed by atoms with van der Waals surface area (Å²) in [5.74, 6) is -0.348. The number of thiocarbonyl (C=S) groups is 1. The molecule has 144 valence electrons. The predicted octanol–water partition coefficient (Wildman–Crippen LogP) is 3.09. The molecule has 0 unspecified atom stereocenters. The maximum absolute atomic E-state index is 13.9. The first-order valence-corrected chi connectivity index (χ1v) is 9.20. The minimum absolute atomic E-state index is 0.155. The van der Waals surface area contributed by atoms with Gasteiger partial charge in [0.2, 0.25) is 0 Å². The highest BCUT2D eigenvalue weighted by Gasteiger charge is 2.29. The Hall–Kier alpha value is -1.93. The van der Waals surface area contributed by atoms with Crippen molar-refractivity contribution in [3.05, 3.63) is 30.1 Å². The average molecular weight is 383 g/mol. The molecule has 0 bridgehead atoms. The normalized spacial score (nSPS) is 14.8. The molecule has 1 aliphatic rings. The van der Waals surface area contributed by atoms with Gasteiger partial charge in [0.15, 0.2) is 5.11 Å². The van der Waals surface area contributed by atoms with Gasteiger partial charge in [-0.15, -0.1) is 0 Å². The van der Waals surface area contributed by atoms with Crippen molar-refractivity contribution >= 4 is 29.1 Å². The number of carbonyl (C=O) groups excluding carboxylic acids is 1.